The number of pyridine rings is 1. The van der Waals surface area contributed by atoms with Crippen molar-refractivity contribution >= 4 is 10.0 Å². The summed E-state index contributed by atoms with van der Waals surface area (Å²) in [4.78, 5) is 2.97. The van der Waals surface area contributed by atoms with Crippen molar-refractivity contribution in [2.24, 2.45) is 5.92 Å². The summed E-state index contributed by atoms with van der Waals surface area (Å²) in [5, 5.41) is 0. The Kier molecular flexibility index (Phi) is 7.35. The van der Waals surface area contributed by atoms with E-state index in [-0.39, 0.29) is 13.1 Å². The quantitative estimate of drug-likeness (QED) is 0.474. The van der Waals surface area contributed by atoms with Crippen molar-refractivity contribution in [1.82, 2.24) is 9.29 Å². The van der Waals surface area contributed by atoms with E-state index in [4.69, 9.17) is 4.74 Å². The van der Waals surface area contributed by atoms with Crippen LogP contribution < -0.4 is 4.74 Å². The minimum Gasteiger partial charge on any atom is -0.493 e. The van der Waals surface area contributed by atoms with Gasteiger partial charge in [0.2, 0.25) is 10.0 Å². The van der Waals surface area contributed by atoms with E-state index in [0.717, 1.165) is 22.5 Å². The van der Waals surface area contributed by atoms with Gasteiger partial charge in [-0.25, -0.2) is 17.2 Å². The van der Waals surface area contributed by atoms with Crippen LogP contribution in [0.5, 0.6) is 5.75 Å². The van der Waals surface area contributed by atoms with Crippen molar-refractivity contribution in [2.75, 3.05) is 6.61 Å². The number of sulfonamides is 1. The summed E-state index contributed by atoms with van der Waals surface area (Å²) in [6.45, 7) is 4.51. The molecule has 3 rings (SSSR count). The highest BCUT2D eigenvalue weighted by atomic mass is 32.2. The first kappa shape index (κ1) is 22.8. The van der Waals surface area contributed by atoms with E-state index in [1.165, 1.54) is 12.4 Å². The molecule has 0 N–H and O–H groups in total. The van der Waals surface area contributed by atoms with Gasteiger partial charge in [0.25, 0.3) is 0 Å². The molecule has 0 atom stereocenters. The van der Waals surface area contributed by atoms with Crippen LogP contribution in [0.15, 0.2) is 71.9 Å². The molecule has 0 saturated carbocycles. The summed E-state index contributed by atoms with van der Waals surface area (Å²) in [6, 6.07) is 13.3. The van der Waals surface area contributed by atoms with Gasteiger partial charge in [-0.2, -0.15) is 4.31 Å². The molecular weight excluding hydrogens is 422 g/mol. The van der Waals surface area contributed by atoms with E-state index < -0.39 is 26.6 Å². The van der Waals surface area contributed by atoms with Crippen LogP contribution in [0.4, 0.5) is 8.78 Å². The van der Waals surface area contributed by atoms with E-state index in [1.54, 1.807) is 36.4 Å². The first-order valence-electron chi connectivity index (χ1n) is 9.82. The fourth-order valence-electron chi connectivity index (χ4n) is 2.93. The first-order valence-corrected chi connectivity index (χ1v) is 11.3. The highest BCUT2D eigenvalue weighted by Gasteiger charge is 2.31. The predicted octanol–water partition coefficient (Wildman–Crippen LogP) is 4.79. The predicted molar refractivity (Wildman–Crippen MR) is 114 cm³/mol. The lowest BCUT2D eigenvalue weighted by Crippen LogP contribution is -2.31. The van der Waals surface area contributed by atoms with Crippen LogP contribution in [0.2, 0.25) is 0 Å². The van der Waals surface area contributed by atoms with Gasteiger partial charge in [0.15, 0.2) is 4.90 Å². The summed E-state index contributed by atoms with van der Waals surface area (Å²) in [5.74, 6) is -1.22. The molecule has 0 aliphatic rings. The molecule has 0 radical (unpaired) electrons. The van der Waals surface area contributed by atoms with Crippen molar-refractivity contribution in [1.29, 1.82) is 0 Å². The Hall–Kier alpha value is -2.84. The smallest absolute Gasteiger partial charge is 0.249 e. The number of aromatic nitrogens is 1. The Bertz CT molecular complexity index is 1090. The normalized spacial score (nSPS) is 11.8. The van der Waals surface area contributed by atoms with Crippen LogP contribution in [0.1, 0.15) is 25.0 Å². The average Bonchev–Trinajstić information content (AvgIpc) is 2.73. The molecule has 1 heterocycles. The third-order valence-corrected chi connectivity index (χ3v) is 6.33. The van der Waals surface area contributed by atoms with E-state index >= 15 is 0 Å². The molecule has 2 aromatic carbocycles. The lowest BCUT2D eigenvalue weighted by atomic mass is 10.2. The van der Waals surface area contributed by atoms with Crippen LogP contribution in [0, 0.1) is 17.6 Å². The largest absolute Gasteiger partial charge is 0.493 e. The molecule has 8 heteroatoms. The molecule has 0 unspecified atom stereocenters. The lowest BCUT2D eigenvalue weighted by Gasteiger charge is -2.23. The van der Waals surface area contributed by atoms with Gasteiger partial charge in [0.1, 0.15) is 17.4 Å². The lowest BCUT2D eigenvalue weighted by molar-refractivity contribution is 0.271. The van der Waals surface area contributed by atoms with Gasteiger partial charge in [-0.3, -0.25) is 4.98 Å². The van der Waals surface area contributed by atoms with Crippen LogP contribution in [0.25, 0.3) is 0 Å². The summed E-state index contributed by atoms with van der Waals surface area (Å²) in [6.07, 6.45) is 3.06. The number of hydrogen-bond acceptors (Lipinski definition) is 4. The maximum atomic E-state index is 14.3. The average molecular weight is 447 g/mol. The zero-order chi connectivity index (χ0) is 22.4. The molecule has 0 aliphatic carbocycles. The Morgan fingerprint density at radius 3 is 2.00 bits per heavy atom. The van der Waals surface area contributed by atoms with E-state index in [1.807, 2.05) is 13.8 Å². The Morgan fingerprint density at radius 2 is 1.45 bits per heavy atom. The van der Waals surface area contributed by atoms with E-state index in [9.17, 15) is 17.2 Å². The SMILES string of the molecule is CC(C)COc1ccc(CN(Cc2ccncc2)S(=O)(=O)c2c(F)cccc2F)cc1. The number of rotatable bonds is 9. The van der Waals surface area contributed by atoms with Crippen molar-refractivity contribution in [3.05, 3.63) is 89.8 Å². The Balaban J connectivity index is 1.92. The molecule has 1 aromatic heterocycles. The third kappa shape index (κ3) is 5.86. The summed E-state index contributed by atoms with van der Waals surface area (Å²) in [5.41, 5.74) is 1.30. The highest BCUT2D eigenvalue weighted by Crippen LogP contribution is 2.26. The third-order valence-electron chi connectivity index (χ3n) is 4.49. The van der Waals surface area contributed by atoms with Gasteiger partial charge in [0, 0.05) is 25.5 Å². The van der Waals surface area contributed by atoms with Crippen LogP contribution in [0.3, 0.4) is 0 Å². The monoisotopic (exact) mass is 446 g/mol. The van der Waals surface area contributed by atoms with Crippen molar-refractivity contribution in [2.45, 2.75) is 31.8 Å². The molecular formula is C23H24F2N2O3S. The number of halogens is 2. The Morgan fingerprint density at radius 1 is 0.903 bits per heavy atom. The molecule has 0 amide bonds. The molecule has 0 bridgehead atoms. The first-order chi connectivity index (χ1) is 14.8. The molecule has 31 heavy (non-hydrogen) atoms. The van der Waals surface area contributed by atoms with Crippen LogP contribution in [-0.2, 0) is 23.1 Å². The zero-order valence-corrected chi connectivity index (χ0v) is 18.1. The number of nitrogens with zero attached hydrogens (tertiary/aromatic N) is 2. The van der Waals surface area contributed by atoms with Crippen LogP contribution >= 0.6 is 0 Å². The topological polar surface area (TPSA) is 59.5 Å². The minimum absolute atomic E-state index is 0.0652. The van der Waals surface area contributed by atoms with Crippen molar-refractivity contribution in [3.63, 3.8) is 0 Å². The number of hydrogen-bond donors (Lipinski definition) is 0. The molecule has 0 fully saturated rings. The van der Waals surface area contributed by atoms with Gasteiger partial charge in [-0.05, 0) is 53.4 Å². The summed E-state index contributed by atoms with van der Waals surface area (Å²) >= 11 is 0. The van der Waals surface area contributed by atoms with Gasteiger partial charge < -0.3 is 4.74 Å². The van der Waals surface area contributed by atoms with Gasteiger partial charge in [-0.15, -0.1) is 0 Å². The second-order valence-electron chi connectivity index (χ2n) is 7.53. The summed E-state index contributed by atoms with van der Waals surface area (Å²) in [7, 11) is -4.46. The van der Waals surface area contributed by atoms with Gasteiger partial charge in [-0.1, -0.05) is 32.0 Å². The van der Waals surface area contributed by atoms with E-state index in [2.05, 4.69) is 4.98 Å². The molecule has 5 nitrogen and oxygen atoms in total. The molecule has 3 aromatic rings. The van der Waals surface area contributed by atoms with Crippen molar-refractivity contribution < 1.29 is 21.9 Å². The fraction of sp³-hybridized carbons (Fsp3) is 0.261. The van der Waals surface area contributed by atoms with Crippen LogP contribution in [-0.4, -0.2) is 24.3 Å². The Labute approximate surface area is 181 Å². The molecule has 0 spiro atoms. The number of benzene rings is 2. The van der Waals surface area contributed by atoms with Crippen molar-refractivity contribution in [3.8, 4) is 5.75 Å². The van der Waals surface area contributed by atoms with Gasteiger partial charge in [0.05, 0.1) is 6.61 Å². The second kappa shape index (κ2) is 9.98. The molecule has 0 aliphatic heterocycles. The molecule has 164 valence electrons. The zero-order valence-electron chi connectivity index (χ0n) is 17.3. The minimum atomic E-state index is -4.46. The maximum absolute atomic E-state index is 14.3. The fourth-order valence-corrected chi connectivity index (χ4v) is 4.46. The number of ether oxygens (including phenoxy) is 1. The highest BCUT2D eigenvalue weighted by molar-refractivity contribution is 7.89. The van der Waals surface area contributed by atoms with Gasteiger partial charge >= 0.3 is 0 Å². The standard InChI is InChI=1S/C23H24F2N2O3S/c1-17(2)16-30-20-8-6-18(7-9-20)14-27(15-19-10-12-26-13-11-19)31(28,29)23-21(24)4-3-5-22(23)25/h3-13,17H,14-16H2,1-2H3. The second-order valence-corrected chi connectivity index (χ2v) is 9.40. The molecule has 0 saturated heterocycles. The van der Waals surface area contributed by atoms with E-state index in [0.29, 0.717) is 29.4 Å². The maximum Gasteiger partial charge on any atom is 0.249 e. The summed E-state index contributed by atoms with van der Waals surface area (Å²) < 4.78 is 61.8.